The van der Waals surface area contributed by atoms with Crippen molar-refractivity contribution >= 4 is 54.5 Å². The van der Waals surface area contributed by atoms with Gasteiger partial charge in [-0.05, 0) is 48.5 Å². The molecule has 0 aliphatic rings. The molecule has 4 heterocycles. The van der Waals surface area contributed by atoms with Crippen molar-refractivity contribution in [3.8, 4) is 34.2 Å². The Balaban J connectivity index is 1.23. The van der Waals surface area contributed by atoms with Crippen LogP contribution in [0.1, 0.15) is 0 Å². The van der Waals surface area contributed by atoms with E-state index in [0.29, 0.717) is 5.82 Å². The first-order chi connectivity index (χ1) is 23.8. The molecule has 5 nitrogen and oxygen atoms in total. The van der Waals surface area contributed by atoms with Crippen molar-refractivity contribution in [2.24, 2.45) is 0 Å². The van der Waals surface area contributed by atoms with Gasteiger partial charge in [0, 0.05) is 56.0 Å². The number of aromatic nitrogens is 5. The standard InChI is InChI=1S/C43H27N5/c1-2-11-29(12-3-1)43-45-37(30-21-20-28-13-10-24-44-36(28)25-30)27-42(46-43)48-40-19-9-6-16-34(40)35-26-31(22-23-41(35)48)47-38-17-7-4-14-32(38)33-15-5-8-18-39(33)47/h1-27H. The molecule has 0 atom stereocenters. The molecule has 48 heavy (non-hydrogen) atoms. The van der Waals surface area contributed by atoms with Crippen molar-refractivity contribution < 1.29 is 0 Å². The fourth-order valence-corrected chi connectivity index (χ4v) is 7.19. The highest BCUT2D eigenvalue weighted by Crippen LogP contribution is 2.37. The fraction of sp³-hybridized carbons (Fsp3) is 0. The monoisotopic (exact) mass is 613 g/mol. The Morgan fingerprint density at radius 3 is 1.81 bits per heavy atom. The van der Waals surface area contributed by atoms with Crippen LogP contribution in [0.25, 0.3) is 88.7 Å². The first-order valence-corrected chi connectivity index (χ1v) is 16.1. The van der Waals surface area contributed by atoms with Gasteiger partial charge in [0.2, 0.25) is 0 Å². The summed E-state index contributed by atoms with van der Waals surface area (Å²) in [5, 5.41) is 5.94. The van der Waals surface area contributed by atoms with Gasteiger partial charge in [0.15, 0.2) is 5.82 Å². The Labute approximate surface area is 276 Å². The van der Waals surface area contributed by atoms with E-state index in [1.54, 1.807) is 0 Å². The maximum Gasteiger partial charge on any atom is 0.162 e. The largest absolute Gasteiger partial charge is 0.309 e. The van der Waals surface area contributed by atoms with Gasteiger partial charge < -0.3 is 4.57 Å². The molecule has 0 aliphatic carbocycles. The molecule has 0 saturated heterocycles. The molecule has 0 bridgehead atoms. The smallest absolute Gasteiger partial charge is 0.162 e. The molecule has 0 saturated carbocycles. The third kappa shape index (κ3) is 4.08. The summed E-state index contributed by atoms with van der Waals surface area (Å²) in [7, 11) is 0. The summed E-state index contributed by atoms with van der Waals surface area (Å²) >= 11 is 0. The molecule has 10 aromatic rings. The zero-order chi connectivity index (χ0) is 31.6. The molecule has 0 unspecified atom stereocenters. The van der Waals surface area contributed by atoms with Gasteiger partial charge in [-0.15, -0.1) is 0 Å². The molecule has 0 amide bonds. The molecule has 0 spiro atoms. The van der Waals surface area contributed by atoms with Crippen LogP contribution in [0.5, 0.6) is 0 Å². The van der Waals surface area contributed by atoms with Crippen LogP contribution in [-0.2, 0) is 0 Å². The van der Waals surface area contributed by atoms with Crippen molar-refractivity contribution in [3.05, 3.63) is 164 Å². The molecule has 224 valence electrons. The fourth-order valence-electron chi connectivity index (χ4n) is 7.19. The molecule has 0 aliphatic heterocycles. The van der Waals surface area contributed by atoms with E-state index in [-0.39, 0.29) is 0 Å². The SMILES string of the molecule is c1ccc(-c2nc(-c3ccc4cccnc4c3)cc(-n3c4ccccc4c4cc(-n5c6ccccc6c6ccccc65)ccc43)n2)cc1. The lowest BCUT2D eigenvalue weighted by molar-refractivity contribution is 1.05. The van der Waals surface area contributed by atoms with Gasteiger partial charge >= 0.3 is 0 Å². The van der Waals surface area contributed by atoms with Crippen molar-refractivity contribution in [2.45, 2.75) is 0 Å². The van der Waals surface area contributed by atoms with Crippen molar-refractivity contribution in [1.82, 2.24) is 24.1 Å². The summed E-state index contributed by atoms with van der Waals surface area (Å²) in [4.78, 5) is 14.9. The second kappa shape index (κ2) is 10.5. The Kier molecular flexibility index (Phi) is 5.81. The molecular weight excluding hydrogens is 587 g/mol. The highest BCUT2D eigenvalue weighted by Gasteiger charge is 2.18. The maximum atomic E-state index is 5.22. The van der Waals surface area contributed by atoms with E-state index < -0.39 is 0 Å². The normalized spacial score (nSPS) is 11.8. The van der Waals surface area contributed by atoms with Gasteiger partial charge in [-0.3, -0.25) is 9.55 Å². The second-order valence-corrected chi connectivity index (χ2v) is 12.1. The minimum absolute atomic E-state index is 0.678. The predicted molar refractivity (Wildman–Crippen MR) is 197 cm³/mol. The number of nitrogens with zero attached hydrogens (tertiary/aromatic N) is 5. The Hall–Kier alpha value is -6.59. The van der Waals surface area contributed by atoms with Gasteiger partial charge in [0.05, 0.1) is 33.3 Å². The van der Waals surface area contributed by atoms with Crippen LogP contribution in [-0.4, -0.2) is 24.1 Å². The van der Waals surface area contributed by atoms with E-state index in [2.05, 4.69) is 148 Å². The van der Waals surface area contributed by atoms with Gasteiger partial charge in [-0.25, -0.2) is 9.97 Å². The van der Waals surface area contributed by atoms with Gasteiger partial charge in [0.1, 0.15) is 5.82 Å². The van der Waals surface area contributed by atoms with Crippen LogP contribution in [0.3, 0.4) is 0 Å². The lowest BCUT2D eigenvalue weighted by Crippen LogP contribution is -2.02. The molecular formula is C43H27N5. The quantitative estimate of drug-likeness (QED) is 0.198. The van der Waals surface area contributed by atoms with E-state index >= 15 is 0 Å². The predicted octanol–water partition coefficient (Wildman–Crippen LogP) is 10.6. The average Bonchev–Trinajstić information content (AvgIpc) is 3.67. The highest BCUT2D eigenvalue weighted by atomic mass is 15.1. The second-order valence-electron chi connectivity index (χ2n) is 12.1. The van der Waals surface area contributed by atoms with E-state index in [1.165, 1.54) is 32.6 Å². The lowest BCUT2D eigenvalue weighted by Gasteiger charge is -2.13. The molecule has 5 heteroatoms. The summed E-state index contributed by atoms with van der Waals surface area (Å²) in [5.41, 5.74) is 9.44. The maximum absolute atomic E-state index is 5.22. The van der Waals surface area contributed by atoms with Crippen molar-refractivity contribution in [1.29, 1.82) is 0 Å². The molecule has 4 aromatic heterocycles. The Morgan fingerprint density at radius 2 is 1.06 bits per heavy atom. The summed E-state index contributed by atoms with van der Waals surface area (Å²) in [6.07, 6.45) is 1.83. The van der Waals surface area contributed by atoms with Crippen LogP contribution < -0.4 is 0 Å². The minimum atomic E-state index is 0.678. The topological polar surface area (TPSA) is 48.5 Å². The van der Waals surface area contributed by atoms with Gasteiger partial charge in [0.25, 0.3) is 0 Å². The van der Waals surface area contributed by atoms with E-state index in [9.17, 15) is 0 Å². The van der Waals surface area contributed by atoms with Crippen LogP contribution >= 0.6 is 0 Å². The number of benzene rings is 6. The Morgan fingerprint density at radius 1 is 0.417 bits per heavy atom. The molecule has 0 radical (unpaired) electrons. The van der Waals surface area contributed by atoms with Crippen LogP contribution in [0.15, 0.2) is 164 Å². The number of para-hydroxylation sites is 3. The van der Waals surface area contributed by atoms with E-state index in [1.807, 2.05) is 30.5 Å². The number of hydrogen-bond donors (Lipinski definition) is 0. The van der Waals surface area contributed by atoms with Crippen molar-refractivity contribution in [3.63, 3.8) is 0 Å². The summed E-state index contributed by atoms with van der Waals surface area (Å²) < 4.78 is 4.65. The molecule has 0 N–H and O–H groups in total. The van der Waals surface area contributed by atoms with Crippen LogP contribution in [0, 0.1) is 0 Å². The van der Waals surface area contributed by atoms with Crippen LogP contribution in [0.2, 0.25) is 0 Å². The number of hydrogen-bond acceptors (Lipinski definition) is 3. The zero-order valence-corrected chi connectivity index (χ0v) is 25.8. The van der Waals surface area contributed by atoms with E-state index in [0.717, 1.165) is 50.3 Å². The third-order valence-electron chi connectivity index (χ3n) is 9.37. The van der Waals surface area contributed by atoms with Gasteiger partial charge in [-0.2, -0.15) is 0 Å². The number of fused-ring (bicyclic) bond motifs is 7. The lowest BCUT2D eigenvalue weighted by atomic mass is 10.1. The van der Waals surface area contributed by atoms with Crippen LogP contribution in [0.4, 0.5) is 0 Å². The number of rotatable bonds is 4. The first-order valence-electron chi connectivity index (χ1n) is 16.1. The first kappa shape index (κ1) is 26.6. The van der Waals surface area contributed by atoms with Crippen molar-refractivity contribution in [2.75, 3.05) is 0 Å². The van der Waals surface area contributed by atoms with E-state index in [4.69, 9.17) is 9.97 Å². The highest BCUT2D eigenvalue weighted by molar-refractivity contribution is 6.12. The molecule has 6 aromatic carbocycles. The average molecular weight is 614 g/mol. The molecule has 0 fully saturated rings. The summed E-state index contributed by atoms with van der Waals surface area (Å²) in [5.74, 6) is 1.49. The zero-order valence-electron chi connectivity index (χ0n) is 25.8. The third-order valence-corrected chi connectivity index (χ3v) is 9.37. The van der Waals surface area contributed by atoms with Gasteiger partial charge in [-0.1, -0.05) is 103 Å². The summed E-state index contributed by atoms with van der Waals surface area (Å²) in [6, 6.07) is 55.4. The minimum Gasteiger partial charge on any atom is -0.309 e. The number of pyridine rings is 1. The summed E-state index contributed by atoms with van der Waals surface area (Å²) in [6.45, 7) is 0. The molecule has 10 rings (SSSR count). The Bertz CT molecular complexity index is 2790.